The van der Waals surface area contributed by atoms with Crippen molar-refractivity contribution in [3.8, 4) is 0 Å². The van der Waals surface area contributed by atoms with Gasteiger partial charge in [0.05, 0.1) is 12.6 Å². The van der Waals surface area contributed by atoms with Crippen LogP contribution >= 0.6 is 11.6 Å². The second-order valence-corrected chi connectivity index (χ2v) is 5.53. The van der Waals surface area contributed by atoms with Gasteiger partial charge >= 0.3 is 6.03 Å². The lowest BCUT2D eigenvalue weighted by atomic mass is 10.1. The van der Waals surface area contributed by atoms with E-state index in [4.69, 9.17) is 11.6 Å². The molecule has 3 rings (SSSR count). The van der Waals surface area contributed by atoms with Crippen LogP contribution < -0.4 is 4.90 Å². The van der Waals surface area contributed by atoms with Crippen LogP contribution in [-0.2, 0) is 0 Å². The van der Waals surface area contributed by atoms with Crippen molar-refractivity contribution in [1.82, 2.24) is 4.90 Å². The van der Waals surface area contributed by atoms with E-state index >= 15 is 0 Å². The summed E-state index contributed by atoms with van der Waals surface area (Å²) in [5.74, 6) is 0.789. The van der Waals surface area contributed by atoms with Gasteiger partial charge in [0.2, 0.25) is 0 Å². The molecule has 106 valence electrons. The van der Waals surface area contributed by atoms with E-state index in [1.807, 2.05) is 12.1 Å². The highest BCUT2D eigenvalue weighted by Crippen LogP contribution is 2.23. The number of anilines is 1. The molecule has 2 aliphatic heterocycles. The molecule has 0 aromatic heterocycles. The average molecular weight is 294 g/mol. The zero-order chi connectivity index (χ0) is 14.1. The van der Waals surface area contributed by atoms with Gasteiger partial charge in [0.15, 0.2) is 0 Å². The van der Waals surface area contributed by atoms with Gasteiger partial charge in [-0.1, -0.05) is 11.6 Å². The summed E-state index contributed by atoms with van der Waals surface area (Å²) in [6.07, 6.45) is 1.23. The van der Waals surface area contributed by atoms with Crippen molar-refractivity contribution in [3.63, 3.8) is 0 Å². The Labute approximate surface area is 122 Å². The Kier molecular flexibility index (Phi) is 3.63. The smallest absolute Gasteiger partial charge is 0.350 e. The van der Waals surface area contributed by atoms with Crippen LogP contribution in [0.5, 0.6) is 0 Å². The third-order valence-corrected chi connectivity index (χ3v) is 3.97. The standard InChI is InChI=1S/C14H16ClN3O2/c15-10-1-3-11(4-2-10)18-9-13(16-14(18)20)17-7-5-12(19)6-8-17/h1-4,12,19H,5-9H2. The Hall–Kier alpha value is -1.59. The molecule has 1 saturated heterocycles. The van der Waals surface area contributed by atoms with Crippen LogP contribution in [0, 0.1) is 0 Å². The number of aliphatic hydroxyl groups excluding tert-OH is 1. The number of halogens is 1. The number of hydrogen-bond donors (Lipinski definition) is 1. The molecular formula is C14H16ClN3O2. The van der Waals surface area contributed by atoms with E-state index in [2.05, 4.69) is 9.89 Å². The Morgan fingerprint density at radius 3 is 2.50 bits per heavy atom. The third-order valence-electron chi connectivity index (χ3n) is 3.72. The fourth-order valence-electron chi connectivity index (χ4n) is 2.53. The number of likely N-dealkylation sites (tertiary alicyclic amines) is 1. The maximum Gasteiger partial charge on any atom is 0.350 e. The number of nitrogens with zero attached hydrogens (tertiary/aromatic N) is 3. The number of benzene rings is 1. The zero-order valence-corrected chi connectivity index (χ0v) is 11.8. The lowest BCUT2D eigenvalue weighted by Crippen LogP contribution is -2.42. The van der Waals surface area contributed by atoms with Crippen molar-refractivity contribution in [2.75, 3.05) is 24.5 Å². The molecule has 0 radical (unpaired) electrons. The zero-order valence-electron chi connectivity index (χ0n) is 11.0. The maximum atomic E-state index is 12.0. The van der Waals surface area contributed by atoms with E-state index in [9.17, 15) is 9.90 Å². The number of carbonyl (C=O) groups is 1. The number of hydrogen-bond acceptors (Lipinski definition) is 3. The average Bonchev–Trinajstić information content (AvgIpc) is 2.82. The lowest BCUT2D eigenvalue weighted by molar-refractivity contribution is 0.109. The van der Waals surface area contributed by atoms with E-state index in [1.165, 1.54) is 0 Å². The molecule has 6 heteroatoms. The summed E-state index contributed by atoms with van der Waals surface area (Å²) >= 11 is 5.85. The quantitative estimate of drug-likeness (QED) is 0.863. The fraction of sp³-hybridized carbons (Fsp3) is 0.429. The first kappa shape index (κ1) is 13.4. The van der Waals surface area contributed by atoms with Crippen molar-refractivity contribution in [1.29, 1.82) is 0 Å². The molecule has 0 spiro atoms. The Morgan fingerprint density at radius 2 is 1.85 bits per heavy atom. The molecule has 0 unspecified atom stereocenters. The minimum atomic E-state index is -0.242. The third kappa shape index (κ3) is 2.64. The molecule has 1 aromatic rings. The van der Waals surface area contributed by atoms with Crippen LogP contribution in [0.1, 0.15) is 12.8 Å². The monoisotopic (exact) mass is 293 g/mol. The van der Waals surface area contributed by atoms with Crippen LogP contribution in [0.25, 0.3) is 0 Å². The van der Waals surface area contributed by atoms with Gasteiger partial charge in [-0.3, -0.25) is 4.90 Å². The van der Waals surface area contributed by atoms with Gasteiger partial charge in [-0.25, -0.2) is 4.79 Å². The summed E-state index contributed by atoms with van der Waals surface area (Å²) in [5, 5.41) is 10.2. The van der Waals surface area contributed by atoms with Gasteiger partial charge in [-0.05, 0) is 37.1 Å². The number of carbonyl (C=O) groups excluding carboxylic acids is 1. The lowest BCUT2D eigenvalue weighted by Gasteiger charge is -2.31. The van der Waals surface area contributed by atoms with Crippen LogP contribution in [-0.4, -0.2) is 47.6 Å². The second-order valence-electron chi connectivity index (χ2n) is 5.09. The molecule has 2 heterocycles. The predicted molar refractivity (Wildman–Crippen MR) is 78.4 cm³/mol. The molecule has 20 heavy (non-hydrogen) atoms. The minimum absolute atomic E-state index is 0.226. The van der Waals surface area contributed by atoms with Gasteiger partial charge in [0.25, 0.3) is 0 Å². The Morgan fingerprint density at radius 1 is 1.20 bits per heavy atom. The van der Waals surface area contributed by atoms with Gasteiger partial charge in [0, 0.05) is 23.8 Å². The van der Waals surface area contributed by atoms with Crippen LogP contribution in [0.2, 0.25) is 5.02 Å². The predicted octanol–water partition coefficient (Wildman–Crippen LogP) is 2.14. The van der Waals surface area contributed by atoms with Gasteiger partial charge in [-0.15, -0.1) is 0 Å². The Balaban J connectivity index is 1.70. The Bertz CT molecular complexity index is 536. The topological polar surface area (TPSA) is 56.1 Å². The van der Waals surface area contributed by atoms with Gasteiger partial charge in [-0.2, -0.15) is 4.99 Å². The summed E-state index contributed by atoms with van der Waals surface area (Å²) in [7, 11) is 0. The summed E-state index contributed by atoms with van der Waals surface area (Å²) in [4.78, 5) is 19.9. The van der Waals surface area contributed by atoms with E-state index in [0.29, 0.717) is 11.6 Å². The minimum Gasteiger partial charge on any atom is -0.393 e. The molecule has 0 saturated carbocycles. The SMILES string of the molecule is O=C1N=C(N2CCC(O)CC2)CN1c1ccc(Cl)cc1. The molecular weight excluding hydrogens is 278 g/mol. The number of rotatable bonds is 1. The fourth-order valence-corrected chi connectivity index (χ4v) is 2.66. The van der Waals surface area contributed by atoms with Crippen molar-refractivity contribution in [2.45, 2.75) is 18.9 Å². The summed E-state index contributed by atoms with van der Waals surface area (Å²) in [6, 6.07) is 6.92. The molecule has 0 aliphatic carbocycles. The van der Waals surface area contributed by atoms with E-state index in [-0.39, 0.29) is 12.1 Å². The molecule has 2 amide bonds. The number of aliphatic imine (C=N–C) groups is 1. The highest BCUT2D eigenvalue weighted by atomic mass is 35.5. The van der Waals surface area contributed by atoms with Crippen molar-refractivity contribution in [3.05, 3.63) is 29.3 Å². The second kappa shape index (κ2) is 5.42. The van der Waals surface area contributed by atoms with E-state index in [0.717, 1.165) is 37.5 Å². The van der Waals surface area contributed by atoms with Crippen molar-refractivity contribution >= 4 is 29.2 Å². The molecule has 0 atom stereocenters. The molecule has 1 aromatic carbocycles. The van der Waals surface area contributed by atoms with Crippen LogP contribution in [0.4, 0.5) is 10.5 Å². The normalized spacial score (nSPS) is 20.5. The molecule has 5 nitrogen and oxygen atoms in total. The largest absolute Gasteiger partial charge is 0.393 e. The maximum absolute atomic E-state index is 12.0. The summed E-state index contributed by atoms with van der Waals surface area (Å²) in [5.41, 5.74) is 0.801. The number of urea groups is 1. The van der Waals surface area contributed by atoms with Gasteiger partial charge < -0.3 is 10.0 Å². The highest BCUT2D eigenvalue weighted by Gasteiger charge is 2.29. The van der Waals surface area contributed by atoms with Crippen molar-refractivity contribution < 1.29 is 9.90 Å². The number of aliphatic hydroxyl groups is 1. The first-order valence-electron chi connectivity index (χ1n) is 6.71. The van der Waals surface area contributed by atoms with E-state index in [1.54, 1.807) is 17.0 Å². The number of piperidine rings is 1. The van der Waals surface area contributed by atoms with Crippen LogP contribution in [0.15, 0.2) is 29.3 Å². The molecule has 1 N–H and O–H groups in total. The summed E-state index contributed by atoms with van der Waals surface area (Å²) in [6.45, 7) is 1.99. The first-order chi connectivity index (χ1) is 9.63. The molecule has 1 fully saturated rings. The number of amidine groups is 1. The van der Waals surface area contributed by atoms with E-state index < -0.39 is 0 Å². The molecule has 0 bridgehead atoms. The summed E-state index contributed by atoms with van der Waals surface area (Å²) < 4.78 is 0. The van der Waals surface area contributed by atoms with Crippen molar-refractivity contribution in [2.24, 2.45) is 4.99 Å². The van der Waals surface area contributed by atoms with Gasteiger partial charge in [0.1, 0.15) is 5.84 Å². The first-order valence-corrected chi connectivity index (χ1v) is 7.09. The molecule has 2 aliphatic rings. The van der Waals surface area contributed by atoms with Crippen LogP contribution in [0.3, 0.4) is 0 Å². The highest BCUT2D eigenvalue weighted by molar-refractivity contribution is 6.30. The number of amides is 2.